The highest BCUT2D eigenvalue weighted by Gasteiger charge is 2.22. The van der Waals surface area contributed by atoms with Crippen LogP contribution in [0.1, 0.15) is 53.5 Å². The number of H-pyrrole nitrogens is 1. The molecule has 0 saturated heterocycles. The van der Waals surface area contributed by atoms with Crippen molar-refractivity contribution in [2.75, 3.05) is 11.4 Å². The summed E-state index contributed by atoms with van der Waals surface area (Å²) in [6, 6.07) is 10.5. The number of nitrogens with zero attached hydrogens (tertiary/aromatic N) is 4. The molecule has 1 atom stereocenters. The summed E-state index contributed by atoms with van der Waals surface area (Å²) in [5.41, 5.74) is 3.67. The van der Waals surface area contributed by atoms with E-state index in [9.17, 15) is 4.79 Å². The standard InChI is InChI=1S/C25H29N5OS/c1-2-3-6-18(13-19-15-26-22-8-5-4-7-21(19)22)14-23(31)24-16-27-25(32-24)29-11-12-30-20(17-29)9-10-28-30/h4-5,7-10,15-16,18,26H,2-3,6,11-14,17H2,1H3. The van der Waals surface area contributed by atoms with E-state index in [0.717, 1.165) is 60.8 Å². The van der Waals surface area contributed by atoms with Gasteiger partial charge in [0, 0.05) is 36.3 Å². The fourth-order valence-electron chi connectivity index (χ4n) is 4.63. The number of hydrogen-bond donors (Lipinski definition) is 1. The van der Waals surface area contributed by atoms with Gasteiger partial charge in [-0.05, 0) is 36.5 Å². The van der Waals surface area contributed by atoms with Gasteiger partial charge >= 0.3 is 0 Å². The number of ketones is 1. The molecular weight excluding hydrogens is 418 g/mol. The molecule has 166 valence electrons. The van der Waals surface area contributed by atoms with Crippen molar-refractivity contribution >= 4 is 33.2 Å². The predicted molar refractivity (Wildman–Crippen MR) is 129 cm³/mol. The molecule has 0 fully saturated rings. The van der Waals surface area contributed by atoms with Crippen molar-refractivity contribution in [3.63, 3.8) is 0 Å². The van der Waals surface area contributed by atoms with E-state index in [1.54, 1.807) is 6.20 Å². The van der Waals surface area contributed by atoms with Crippen molar-refractivity contribution in [3.05, 3.63) is 65.1 Å². The molecule has 0 bridgehead atoms. The van der Waals surface area contributed by atoms with Crippen molar-refractivity contribution in [2.24, 2.45) is 5.92 Å². The monoisotopic (exact) mass is 447 g/mol. The molecule has 4 heterocycles. The van der Waals surface area contributed by atoms with Crippen LogP contribution in [0.15, 0.2) is 48.9 Å². The minimum Gasteiger partial charge on any atom is -0.361 e. The molecule has 1 aliphatic rings. The highest BCUT2D eigenvalue weighted by Crippen LogP contribution is 2.30. The maximum absolute atomic E-state index is 13.2. The molecule has 0 radical (unpaired) electrons. The minimum absolute atomic E-state index is 0.219. The molecular formula is C25H29N5OS. The van der Waals surface area contributed by atoms with E-state index >= 15 is 0 Å². The summed E-state index contributed by atoms with van der Waals surface area (Å²) >= 11 is 1.53. The van der Waals surface area contributed by atoms with Gasteiger partial charge in [-0.25, -0.2) is 4.98 Å². The van der Waals surface area contributed by atoms with E-state index < -0.39 is 0 Å². The van der Waals surface area contributed by atoms with Crippen LogP contribution in [0.3, 0.4) is 0 Å². The molecule has 7 heteroatoms. The van der Waals surface area contributed by atoms with Crippen LogP contribution in [0, 0.1) is 5.92 Å². The van der Waals surface area contributed by atoms with Gasteiger partial charge in [-0.15, -0.1) is 0 Å². The summed E-state index contributed by atoms with van der Waals surface area (Å²) in [5, 5.41) is 6.54. The molecule has 5 rings (SSSR count). The van der Waals surface area contributed by atoms with Gasteiger partial charge in [0.2, 0.25) is 0 Å². The Labute approximate surface area is 192 Å². The fraction of sp³-hybridized carbons (Fsp3) is 0.400. The Morgan fingerprint density at radius 1 is 1.25 bits per heavy atom. The third-order valence-corrected chi connectivity index (χ3v) is 7.50. The highest BCUT2D eigenvalue weighted by molar-refractivity contribution is 7.17. The summed E-state index contributed by atoms with van der Waals surface area (Å²) in [6.07, 6.45) is 10.6. The first-order valence-electron chi connectivity index (χ1n) is 11.5. The second-order valence-corrected chi connectivity index (χ2v) is 9.68. The maximum Gasteiger partial charge on any atom is 0.186 e. The van der Waals surface area contributed by atoms with Gasteiger partial charge in [0.25, 0.3) is 0 Å². The summed E-state index contributed by atoms with van der Waals surface area (Å²) in [5.74, 6) is 0.563. The lowest BCUT2D eigenvalue weighted by molar-refractivity contribution is 0.0962. The van der Waals surface area contributed by atoms with Crippen LogP contribution in [0.4, 0.5) is 5.13 Å². The van der Waals surface area contributed by atoms with E-state index in [1.165, 1.54) is 28.0 Å². The number of benzene rings is 1. The van der Waals surface area contributed by atoms with E-state index in [2.05, 4.69) is 63.4 Å². The number of aromatic amines is 1. The molecule has 32 heavy (non-hydrogen) atoms. The molecule has 1 aromatic carbocycles. The van der Waals surface area contributed by atoms with Gasteiger partial charge in [0.1, 0.15) is 0 Å². The van der Waals surface area contributed by atoms with Crippen LogP contribution >= 0.6 is 11.3 Å². The molecule has 0 amide bonds. The lowest BCUT2D eigenvalue weighted by Gasteiger charge is -2.27. The molecule has 0 saturated carbocycles. The van der Waals surface area contributed by atoms with Gasteiger partial charge < -0.3 is 9.88 Å². The van der Waals surface area contributed by atoms with Crippen LogP contribution in [0.5, 0.6) is 0 Å². The molecule has 4 aromatic rings. The van der Waals surface area contributed by atoms with Gasteiger partial charge in [-0.3, -0.25) is 9.48 Å². The number of unbranched alkanes of at least 4 members (excludes halogenated alkanes) is 1. The number of nitrogens with one attached hydrogen (secondary N) is 1. The van der Waals surface area contributed by atoms with E-state index in [4.69, 9.17) is 0 Å². The topological polar surface area (TPSA) is 66.8 Å². The molecule has 0 spiro atoms. The van der Waals surface area contributed by atoms with E-state index in [-0.39, 0.29) is 5.78 Å². The van der Waals surface area contributed by atoms with Gasteiger partial charge in [0.15, 0.2) is 10.9 Å². The number of carbonyl (C=O) groups is 1. The molecule has 6 nitrogen and oxygen atoms in total. The largest absolute Gasteiger partial charge is 0.361 e. The fourth-order valence-corrected chi connectivity index (χ4v) is 5.52. The molecule has 1 aliphatic heterocycles. The zero-order valence-electron chi connectivity index (χ0n) is 18.5. The minimum atomic E-state index is 0.219. The smallest absolute Gasteiger partial charge is 0.186 e. The number of carbonyl (C=O) groups excluding carboxylic acids is 1. The maximum atomic E-state index is 13.2. The van der Waals surface area contributed by atoms with Crippen molar-refractivity contribution in [3.8, 4) is 0 Å². The van der Waals surface area contributed by atoms with Crippen molar-refractivity contribution in [1.82, 2.24) is 19.7 Å². The van der Waals surface area contributed by atoms with Gasteiger partial charge in [0.05, 0.1) is 29.9 Å². The summed E-state index contributed by atoms with van der Waals surface area (Å²) < 4.78 is 2.04. The first-order valence-corrected chi connectivity index (χ1v) is 12.3. The zero-order chi connectivity index (χ0) is 21.9. The second kappa shape index (κ2) is 9.28. The molecule has 0 aliphatic carbocycles. The number of thiazole rings is 1. The average molecular weight is 448 g/mol. The Morgan fingerprint density at radius 2 is 2.16 bits per heavy atom. The Balaban J connectivity index is 1.27. The summed E-state index contributed by atoms with van der Waals surface area (Å²) in [6.45, 7) is 4.73. The molecule has 1 unspecified atom stereocenters. The van der Waals surface area contributed by atoms with Crippen molar-refractivity contribution in [2.45, 2.75) is 52.1 Å². The van der Waals surface area contributed by atoms with Crippen LogP contribution in [0.2, 0.25) is 0 Å². The average Bonchev–Trinajstić information content (AvgIpc) is 3.56. The lowest BCUT2D eigenvalue weighted by Crippen LogP contribution is -2.33. The number of Topliss-reactive ketones (excluding diaryl/α,β-unsaturated/α-hetero) is 1. The normalized spacial score (nSPS) is 14.6. The molecule has 3 aromatic heterocycles. The third-order valence-electron chi connectivity index (χ3n) is 6.40. The predicted octanol–water partition coefficient (Wildman–Crippen LogP) is 5.46. The Morgan fingerprint density at radius 3 is 3.06 bits per heavy atom. The van der Waals surface area contributed by atoms with Crippen molar-refractivity contribution in [1.29, 1.82) is 0 Å². The number of anilines is 1. The number of rotatable bonds is 9. The lowest BCUT2D eigenvalue weighted by atomic mass is 9.89. The Hall–Kier alpha value is -2.93. The number of hydrogen-bond acceptors (Lipinski definition) is 5. The van der Waals surface area contributed by atoms with E-state index in [0.29, 0.717) is 12.3 Å². The first-order chi connectivity index (χ1) is 15.7. The van der Waals surface area contributed by atoms with Crippen LogP contribution < -0.4 is 4.90 Å². The number of aromatic nitrogens is 4. The Bertz CT molecular complexity index is 1210. The Kier molecular flexibility index (Phi) is 6.08. The van der Waals surface area contributed by atoms with Crippen molar-refractivity contribution < 1.29 is 4.79 Å². The van der Waals surface area contributed by atoms with Crippen LogP contribution in [0.25, 0.3) is 10.9 Å². The molecule has 1 N–H and O–H groups in total. The zero-order valence-corrected chi connectivity index (χ0v) is 19.3. The first kappa shape index (κ1) is 20.9. The highest BCUT2D eigenvalue weighted by atomic mass is 32.1. The van der Waals surface area contributed by atoms with Crippen LogP contribution in [-0.2, 0) is 19.5 Å². The second-order valence-electron chi connectivity index (χ2n) is 8.67. The van der Waals surface area contributed by atoms with Gasteiger partial charge in [-0.1, -0.05) is 49.3 Å². The van der Waals surface area contributed by atoms with E-state index in [1.807, 2.05) is 10.9 Å². The number of para-hydroxylation sites is 1. The number of fused-ring (bicyclic) bond motifs is 2. The SMILES string of the molecule is CCCCC(CC(=O)c1cnc(N2CCn3nccc3C2)s1)Cc1c[nH]c2ccccc12. The summed E-state index contributed by atoms with van der Waals surface area (Å²) in [7, 11) is 0. The summed E-state index contributed by atoms with van der Waals surface area (Å²) in [4.78, 5) is 24.2. The van der Waals surface area contributed by atoms with Crippen LogP contribution in [-0.4, -0.2) is 32.1 Å². The van der Waals surface area contributed by atoms with Gasteiger partial charge in [-0.2, -0.15) is 5.10 Å². The third kappa shape index (κ3) is 4.35. The quantitative estimate of drug-likeness (QED) is 0.346.